The standard InChI is InChI=1S/C22H28FN5O4S/c1-15-10-18(4-5-21(15)23)28(12-17-3-2-16(11-25-17)22(29)26-24)33(30,31)20-6-8-27(9-7-20)19-13-32-14-19/h2-5,10-11,19-20H,6-9,12-14,24H2,1H3,(H,26,29). The highest BCUT2D eigenvalue weighted by Gasteiger charge is 2.38. The third kappa shape index (κ3) is 5.01. The number of nitrogens with zero attached hydrogens (tertiary/aromatic N) is 3. The number of rotatable bonds is 7. The fourth-order valence-corrected chi connectivity index (χ4v) is 6.03. The maximum Gasteiger partial charge on any atom is 0.266 e. The highest BCUT2D eigenvalue weighted by atomic mass is 32.2. The monoisotopic (exact) mass is 477 g/mol. The van der Waals surface area contributed by atoms with Gasteiger partial charge >= 0.3 is 0 Å². The molecule has 0 unspecified atom stereocenters. The van der Waals surface area contributed by atoms with E-state index < -0.39 is 27.0 Å². The number of aryl methyl sites for hydroxylation is 1. The maximum absolute atomic E-state index is 13.9. The molecule has 2 aromatic rings. The smallest absolute Gasteiger partial charge is 0.266 e. The van der Waals surface area contributed by atoms with Crippen molar-refractivity contribution >= 4 is 21.6 Å². The zero-order valence-corrected chi connectivity index (χ0v) is 19.2. The molecule has 178 valence electrons. The quantitative estimate of drug-likeness (QED) is 0.351. The third-order valence-electron chi connectivity index (χ3n) is 6.30. The number of nitrogens with two attached hydrogens (primary N) is 1. The molecule has 2 aliphatic rings. The second-order valence-corrected chi connectivity index (χ2v) is 10.6. The van der Waals surface area contributed by atoms with Crippen molar-refractivity contribution in [1.82, 2.24) is 15.3 Å². The van der Waals surface area contributed by atoms with Crippen molar-refractivity contribution in [1.29, 1.82) is 0 Å². The predicted molar refractivity (Wildman–Crippen MR) is 121 cm³/mol. The lowest BCUT2D eigenvalue weighted by atomic mass is 10.1. The fraction of sp³-hybridized carbons (Fsp3) is 0.455. The van der Waals surface area contributed by atoms with Crippen molar-refractivity contribution in [2.45, 2.75) is 37.6 Å². The van der Waals surface area contributed by atoms with Crippen molar-refractivity contribution in [3.05, 3.63) is 59.2 Å². The zero-order valence-electron chi connectivity index (χ0n) is 18.4. The van der Waals surface area contributed by atoms with Crippen molar-refractivity contribution in [3.63, 3.8) is 0 Å². The lowest BCUT2D eigenvalue weighted by Gasteiger charge is -2.42. The van der Waals surface area contributed by atoms with E-state index in [2.05, 4.69) is 9.88 Å². The first-order valence-corrected chi connectivity index (χ1v) is 12.4. The Morgan fingerprint density at radius 3 is 2.55 bits per heavy atom. The molecule has 4 rings (SSSR count). The zero-order chi connectivity index (χ0) is 23.6. The van der Waals surface area contributed by atoms with Gasteiger partial charge in [0.1, 0.15) is 5.82 Å². The number of hydrogen-bond acceptors (Lipinski definition) is 7. The number of nitrogens with one attached hydrogen (secondary N) is 1. The first-order valence-electron chi connectivity index (χ1n) is 10.8. The number of likely N-dealkylation sites (tertiary alicyclic amines) is 1. The van der Waals surface area contributed by atoms with Crippen molar-refractivity contribution in [3.8, 4) is 0 Å². The second-order valence-electron chi connectivity index (χ2n) is 8.42. The highest BCUT2D eigenvalue weighted by Crippen LogP contribution is 2.30. The Kier molecular flexibility index (Phi) is 6.94. The maximum atomic E-state index is 13.9. The van der Waals surface area contributed by atoms with E-state index in [-0.39, 0.29) is 12.1 Å². The molecule has 2 fully saturated rings. The van der Waals surface area contributed by atoms with Gasteiger partial charge in [0.15, 0.2) is 0 Å². The molecule has 3 heterocycles. The Hall–Kier alpha value is -2.60. The summed E-state index contributed by atoms with van der Waals surface area (Å²) in [6.45, 7) is 4.34. The van der Waals surface area contributed by atoms with Gasteiger partial charge in [0.2, 0.25) is 10.0 Å². The number of hydrazine groups is 1. The molecule has 0 radical (unpaired) electrons. The highest BCUT2D eigenvalue weighted by molar-refractivity contribution is 7.93. The lowest BCUT2D eigenvalue weighted by Crippen LogP contribution is -2.54. The van der Waals surface area contributed by atoms with Gasteiger partial charge in [-0.25, -0.2) is 18.7 Å². The molecule has 0 saturated carbocycles. The van der Waals surface area contributed by atoms with E-state index in [0.29, 0.717) is 62.1 Å². The molecule has 0 spiro atoms. The van der Waals surface area contributed by atoms with Crippen LogP contribution in [0.5, 0.6) is 0 Å². The van der Waals surface area contributed by atoms with Crippen LogP contribution in [0.4, 0.5) is 10.1 Å². The average Bonchev–Trinajstić information content (AvgIpc) is 2.78. The van der Waals surface area contributed by atoms with Crippen molar-refractivity contribution in [2.24, 2.45) is 5.84 Å². The molecule has 1 amide bonds. The van der Waals surface area contributed by atoms with Crippen LogP contribution in [0.3, 0.4) is 0 Å². The number of anilines is 1. The van der Waals surface area contributed by atoms with Gasteiger partial charge in [-0.15, -0.1) is 0 Å². The van der Waals surface area contributed by atoms with E-state index in [0.717, 1.165) is 0 Å². The topological polar surface area (TPSA) is 118 Å². The molecule has 2 aliphatic heterocycles. The van der Waals surface area contributed by atoms with E-state index in [1.165, 1.54) is 34.8 Å². The molecule has 2 saturated heterocycles. The first kappa shape index (κ1) is 23.6. The Labute approximate surface area is 192 Å². The molecule has 0 bridgehead atoms. The summed E-state index contributed by atoms with van der Waals surface area (Å²) in [5.74, 6) is 4.26. The summed E-state index contributed by atoms with van der Waals surface area (Å²) in [4.78, 5) is 18.2. The van der Waals surface area contributed by atoms with Crippen LogP contribution in [0, 0.1) is 12.7 Å². The predicted octanol–water partition coefficient (Wildman–Crippen LogP) is 1.33. The van der Waals surface area contributed by atoms with E-state index in [9.17, 15) is 17.6 Å². The Morgan fingerprint density at radius 2 is 2.00 bits per heavy atom. The van der Waals surface area contributed by atoms with E-state index in [1.807, 2.05) is 5.43 Å². The Bertz CT molecular complexity index is 1100. The van der Waals surface area contributed by atoms with Gasteiger partial charge in [-0.2, -0.15) is 0 Å². The van der Waals surface area contributed by atoms with Crippen LogP contribution in [0.25, 0.3) is 0 Å². The summed E-state index contributed by atoms with van der Waals surface area (Å²) in [7, 11) is -3.76. The first-order chi connectivity index (χ1) is 15.8. The number of carbonyl (C=O) groups excluding carboxylic acids is 1. The van der Waals surface area contributed by atoms with E-state index in [1.54, 1.807) is 13.0 Å². The number of pyridine rings is 1. The molecular formula is C22H28FN5O4S. The van der Waals surface area contributed by atoms with Gasteiger partial charge in [-0.1, -0.05) is 0 Å². The van der Waals surface area contributed by atoms with Gasteiger partial charge in [0, 0.05) is 6.20 Å². The molecule has 9 nitrogen and oxygen atoms in total. The molecule has 33 heavy (non-hydrogen) atoms. The number of ether oxygens (including phenoxy) is 1. The summed E-state index contributed by atoms with van der Waals surface area (Å²) in [6, 6.07) is 7.76. The number of piperidine rings is 1. The largest absolute Gasteiger partial charge is 0.378 e. The number of carbonyl (C=O) groups is 1. The molecule has 11 heteroatoms. The van der Waals surface area contributed by atoms with Gasteiger partial charge < -0.3 is 4.74 Å². The molecule has 0 aliphatic carbocycles. The summed E-state index contributed by atoms with van der Waals surface area (Å²) in [5.41, 5.74) is 3.49. The number of nitrogen functional groups attached to an aromatic ring is 1. The minimum absolute atomic E-state index is 0.0331. The minimum atomic E-state index is -3.76. The number of halogens is 1. The van der Waals surface area contributed by atoms with Crippen LogP contribution in [-0.4, -0.2) is 61.8 Å². The number of aromatic nitrogens is 1. The summed E-state index contributed by atoms with van der Waals surface area (Å²) >= 11 is 0. The molecule has 0 atom stereocenters. The minimum Gasteiger partial charge on any atom is -0.378 e. The van der Waals surface area contributed by atoms with Crippen LogP contribution < -0.4 is 15.6 Å². The van der Waals surface area contributed by atoms with Gasteiger partial charge in [-0.05, 0) is 68.8 Å². The third-order valence-corrected chi connectivity index (χ3v) is 8.56. The molecular weight excluding hydrogens is 449 g/mol. The fourth-order valence-electron chi connectivity index (χ4n) is 4.15. The summed E-state index contributed by atoms with van der Waals surface area (Å²) < 4.78 is 48.0. The SMILES string of the molecule is Cc1cc(N(Cc2ccc(C(=O)NN)cn2)S(=O)(=O)C2CCN(C3COC3)CC2)ccc1F. The van der Waals surface area contributed by atoms with Crippen molar-refractivity contribution < 1.29 is 22.3 Å². The number of benzene rings is 1. The average molecular weight is 478 g/mol. The van der Waals surface area contributed by atoms with Crippen LogP contribution in [0.2, 0.25) is 0 Å². The van der Waals surface area contributed by atoms with Crippen molar-refractivity contribution in [2.75, 3.05) is 30.6 Å². The van der Waals surface area contributed by atoms with E-state index >= 15 is 0 Å². The van der Waals surface area contributed by atoms with Crippen LogP contribution in [0.1, 0.15) is 34.5 Å². The van der Waals surface area contributed by atoms with Gasteiger partial charge in [0.25, 0.3) is 5.91 Å². The Balaban J connectivity index is 1.59. The number of hydrogen-bond donors (Lipinski definition) is 2. The van der Waals surface area contributed by atoms with Gasteiger partial charge in [0.05, 0.1) is 48.0 Å². The normalized spacial score (nSPS) is 18.0. The summed E-state index contributed by atoms with van der Waals surface area (Å²) in [6.07, 6.45) is 2.37. The Morgan fingerprint density at radius 1 is 1.27 bits per heavy atom. The summed E-state index contributed by atoms with van der Waals surface area (Å²) in [5, 5.41) is -0.553. The van der Waals surface area contributed by atoms with Gasteiger partial charge in [-0.3, -0.25) is 24.4 Å². The number of sulfonamides is 1. The van der Waals surface area contributed by atoms with Crippen LogP contribution in [-0.2, 0) is 21.3 Å². The lowest BCUT2D eigenvalue weighted by molar-refractivity contribution is -0.0695. The second kappa shape index (κ2) is 9.72. The van der Waals surface area contributed by atoms with E-state index in [4.69, 9.17) is 10.6 Å². The molecule has 1 aromatic heterocycles. The van der Waals surface area contributed by atoms with Crippen LogP contribution in [0.15, 0.2) is 36.5 Å². The molecule has 1 aromatic carbocycles. The molecule has 3 N–H and O–H groups in total. The number of amides is 1. The van der Waals surface area contributed by atoms with Crippen LogP contribution >= 0.6 is 0 Å².